The largest absolute Gasteiger partial charge is 0.478 e. The minimum absolute atomic E-state index is 0.0534. The Labute approximate surface area is 175 Å². The van der Waals surface area contributed by atoms with Crippen molar-refractivity contribution in [1.29, 1.82) is 0 Å². The molecule has 0 saturated carbocycles. The van der Waals surface area contributed by atoms with Crippen LogP contribution in [0.4, 0.5) is 22.0 Å². The van der Waals surface area contributed by atoms with E-state index in [0.717, 1.165) is 17.2 Å². The van der Waals surface area contributed by atoms with Gasteiger partial charge in [0.25, 0.3) is 0 Å². The molecule has 0 aromatic carbocycles. The molecule has 1 fully saturated rings. The lowest BCUT2D eigenvalue weighted by Gasteiger charge is -2.41. The summed E-state index contributed by atoms with van der Waals surface area (Å²) in [5.41, 5.74) is 4.48. The summed E-state index contributed by atoms with van der Waals surface area (Å²) in [5, 5.41) is 11.5. The van der Waals surface area contributed by atoms with Crippen LogP contribution in [0.1, 0.15) is 13.3 Å². The number of allylic oxidation sites excluding steroid dienone is 1. The van der Waals surface area contributed by atoms with E-state index in [2.05, 4.69) is 5.32 Å². The fraction of sp³-hybridized carbons (Fsp3) is 0.579. The summed E-state index contributed by atoms with van der Waals surface area (Å²) in [6, 6.07) is 0. The van der Waals surface area contributed by atoms with Crippen LogP contribution in [-0.2, 0) is 9.59 Å². The van der Waals surface area contributed by atoms with Gasteiger partial charge in [0, 0.05) is 32.4 Å². The van der Waals surface area contributed by atoms with Crippen molar-refractivity contribution < 1.29 is 36.6 Å². The predicted octanol–water partition coefficient (Wildman–Crippen LogP) is 1.65. The predicted molar refractivity (Wildman–Crippen MR) is 99.4 cm³/mol. The molecule has 0 amide bonds. The van der Waals surface area contributed by atoms with Crippen molar-refractivity contribution in [1.82, 2.24) is 15.1 Å². The van der Waals surface area contributed by atoms with Crippen molar-refractivity contribution >= 4 is 11.8 Å². The monoisotopic (exact) mass is 450 g/mol. The number of alkyl halides is 4. The highest BCUT2D eigenvalue weighted by Gasteiger charge is 2.53. The fourth-order valence-corrected chi connectivity index (χ4v) is 4.17. The van der Waals surface area contributed by atoms with Gasteiger partial charge in [-0.05, 0) is 25.3 Å². The lowest BCUT2D eigenvalue weighted by molar-refractivity contribution is -0.136. The van der Waals surface area contributed by atoms with Gasteiger partial charge in [0.05, 0.1) is 17.9 Å². The summed E-state index contributed by atoms with van der Waals surface area (Å²) in [6.07, 6.45) is -2.17. The van der Waals surface area contributed by atoms with Gasteiger partial charge in [-0.3, -0.25) is 10.5 Å². The van der Waals surface area contributed by atoms with Crippen molar-refractivity contribution in [2.24, 2.45) is 17.6 Å². The van der Waals surface area contributed by atoms with Gasteiger partial charge in [0.1, 0.15) is 11.5 Å². The third-order valence-corrected chi connectivity index (χ3v) is 5.60. The number of carbonyl (C=O) groups excluding carboxylic acids is 1. The number of hydrogen-bond acceptors (Lipinski definition) is 6. The number of likely N-dealkylation sites (tertiary alicyclic amines) is 1. The molecule has 3 rings (SSSR count). The summed E-state index contributed by atoms with van der Waals surface area (Å²) in [6.45, 7) is 0.995. The number of nitrogens with one attached hydrogen (secondary N) is 1. The molecule has 0 aromatic rings. The molecule has 0 radical (unpaired) electrons. The standard InChI is InChI=1S/C19H23F5N4O3/c1-2-27-8-11(17(30)31)16(29)13-15(27)14(20)12(5-18(13,21)25)28-4-3-10(7-28)6-26-9-19(22,23)24/h5,8,10,13,26H,2-4,6-7,9,25H2,1H3,(H,30,31). The van der Waals surface area contributed by atoms with E-state index in [9.17, 15) is 27.9 Å². The molecular formula is C19H23F5N4O3. The van der Waals surface area contributed by atoms with Gasteiger partial charge in [0.2, 0.25) is 0 Å². The smallest absolute Gasteiger partial charge is 0.401 e. The van der Waals surface area contributed by atoms with E-state index in [1.165, 1.54) is 4.90 Å². The molecule has 0 aromatic heterocycles. The SMILES string of the molecule is CCN1C=C(C(=O)O)C(=O)C2C1=C(F)C(N1CCC(CNCC(F)(F)F)C1)=CC2(N)F. The first-order valence-corrected chi connectivity index (χ1v) is 9.74. The number of Topliss-reactive ketones (excluding diaryl/α,β-unsaturated/α-hetero) is 1. The van der Waals surface area contributed by atoms with Crippen LogP contribution in [0.15, 0.2) is 35.1 Å². The van der Waals surface area contributed by atoms with Crippen LogP contribution in [-0.4, -0.2) is 71.4 Å². The van der Waals surface area contributed by atoms with Crippen LogP contribution >= 0.6 is 0 Å². The number of rotatable bonds is 6. The third kappa shape index (κ3) is 4.59. The molecular weight excluding hydrogens is 427 g/mol. The first kappa shape index (κ1) is 23.2. The molecule has 1 saturated heterocycles. The Hall–Kier alpha value is -2.47. The summed E-state index contributed by atoms with van der Waals surface area (Å²) < 4.78 is 67.8. The van der Waals surface area contributed by atoms with Gasteiger partial charge in [-0.25, -0.2) is 13.6 Å². The molecule has 12 heteroatoms. The van der Waals surface area contributed by atoms with Crippen LogP contribution in [0.5, 0.6) is 0 Å². The minimum atomic E-state index is -4.34. The second-order valence-electron chi connectivity index (χ2n) is 7.83. The van der Waals surface area contributed by atoms with Gasteiger partial charge in [-0.15, -0.1) is 0 Å². The van der Waals surface area contributed by atoms with E-state index in [1.54, 1.807) is 6.92 Å². The van der Waals surface area contributed by atoms with Crippen molar-refractivity contribution in [3.63, 3.8) is 0 Å². The van der Waals surface area contributed by atoms with Crippen molar-refractivity contribution in [3.8, 4) is 0 Å². The number of carbonyl (C=O) groups is 2. The van der Waals surface area contributed by atoms with Crippen LogP contribution < -0.4 is 11.1 Å². The number of ketones is 1. The Kier molecular flexibility index (Phi) is 6.16. The maximum absolute atomic E-state index is 15.5. The molecule has 0 bridgehead atoms. The van der Waals surface area contributed by atoms with Crippen molar-refractivity contribution in [2.75, 3.05) is 32.7 Å². The van der Waals surface area contributed by atoms with Gasteiger partial charge in [0.15, 0.2) is 17.4 Å². The summed E-state index contributed by atoms with van der Waals surface area (Å²) in [4.78, 5) is 26.6. The van der Waals surface area contributed by atoms with E-state index in [-0.39, 0.29) is 43.5 Å². The third-order valence-electron chi connectivity index (χ3n) is 5.60. The Morgan fingerprint density at radius 3 is 2.68 bits per heavy atom. The van der Waals surface area contributed by atoms with Gasteiger partial charge >= 0.3 is 12.1 Å². The molecule has 1 aliphatic carbocycles. The quantitative estimate of drug-likeness (QED) is 0.322. The molecule has 2 aliphatic heterocycles. The van der Waals surface area contributed by atoms with E-state index < -0.39 is 47.6 Å². The van der Waals surface area contributed by atoms with Gasteiger partial charge in [-0.1, -0.05) is 0 Å². The number of carboxylic acid groups (broad SMARTS) is 1. The maximum atomic E-state index is 15.5. The number of fused-ring (bicyclic) bond motifs is 1. The van der Waals surface area contributed by atoms with Crippen LogP contribution in [0.25, 0.3) is 0 Å². The molecule has 2 heterocycles. The number of nitrogens with zero attached hydrogens (tertiary/aromatic N) is 2. The average molecular weight is 450 g/mol. The lowest BCUT2D eigenvalue weighted by atomic mass is 9.79. The average Bonchev–Trinajstić information content (AvgIpc) is 3.11. The van der Waals surface area contributed by atoms with E-state index in [0.29, 0.717) is 6.42 Å². The van der Waals surface area contributed by atoms with Crippen molar-refractivity contribution in [3.05, 3.63) is 35.1 Å². The number of hydrogen-bond donors (Lipinski definition) is 3. The highest BCUT2D eigenvalue weighted by molar-refractivity contribution is 6.19. The summed E-state index contributed by atoms with van der Waals surface area (Å²) in [7, 11) is 0. The summed E-state index contributed by atoms with van der Waals surface area (Å²) in [5.74, 6) is -8.51. The number of aliphatic carboxylic acids is 1. The Morgan fingerprint density at radius 2 is 2.10 bits per heavy atom. The van der Waals surface area contributed by atoms with Crippen LogP contribution in [0, 0.1) is 11.8 Å². The molecule has 3 atom stereocenters. The lowest BCUT2D eigenvalue weighted by Crippen LogP contribution is -2.54. The molecule has 4 N–H and O–H groups in total. The second kappa shape index (κ2) is 8.23. The van der Waals surface area contributed by atoms with Crippen molar-refractivity contribution in [2.45, 2.75) is 25.3 Å². The Balaban J connectivity index is 1.86. The molecule has 3 aliphatic rings. The molecule has 0 spiro atoms. The highest BCUT2D eigenvalue weighted by Crippen LogP contribution is 2.44. The van der Waals surface area contributed by atoms with Gasteiger partial charge < -0.3 is 20.2 Å². The Bertz CT molecular complexity index is 865. The normalized spacial score (nSPS) is 29.2. The molecule has 7 nitrogen and oxygen atoms in total. The molecule has 172 valence electrons. The van der Waals surface area contributed by atoms with E-state index in [4.69, 9.17) is 5.73 Å². The number of carboxylic acids is 1. The second-order valence-corrected chi connectivity index (χ2v) is 7.83. The fourth-order valence-electron chi connectivity index (χ4n) is 4.17. The highest BCUT2D eigenvalue weighted by atomic mass is 19.4. The van der Waals surface area contributed by atoms with E-state index in [1.807, 2.05) is 0 Å². The number of nitrogens with two attached hydrogens (primary N) is 1. The minimum Gasteiger partial charge on any atom is -0.478 e. The van der Waals surface area contributed by atoms with Crippen LogP contribution in [0.2, 0.25) is 0 Å². The Morgan fingerprint density at radius 1 is 1.42 bits per heavy atom. The maximum Gasteiger partial charge on any atom is 0.401 e. The van der Waals surface area contributed by atoms with Crippen LogP contribution in [0.3, 0.4) is 0 Å². The zero-order chi connectivity index (χ0) is 23.1. The van der Waals surface area contributed by atoms with E-state index >= 15 is 8.78 Å². The zero-order valence-corrected chi connectivity index (χ0v) is 16.7. The molecule has 3 unspecified atom stereocenters. The topological polar surface area (TPSA) is 98.9 Å². The number of halogens is 5. The first-order valence-electron chi connectivity index (χ1n) is 9.74. The zero-order valence-electron chi connectivity index (χ0n) is 16.7. The van der Waals surface area contributed by atoms with Gasteiger partial charge in [-0.2, -0.15) is 13.2 Å². The summed E-state index contributed by atoms with van der Waals surface area (Å²) >= 11 is 0. The molecule has 31 heavy (non-hydrogen) atoms. The first-order chi connectivity index (χ1) is 14.4.